The van der Waals surface area contributed by atoms with Crippen molar-refractivity contribution >= 4 is 51.4 Å². The highest BCUT2D eigenvalue weighted by molar-refractivity contribution is 8.93. The summed E-state index contributed by atoms with van der Waals surface area (Å²) in [6.07, 6.45) is 2.88. The highest BCUT2D eigenvalue weighted by atomic mass is 79.9. The Labute approximate surface area is 163 Å². The first-order chi connectivity index (χ1) is 9.95. The summed E-state index contributed by atoms with van der Waals surface area (Å²) in [6, 6.07) is 4.66. The number of aryl methyl sites for hydroxylation is 1. The summed E-state index contributed by atoms with van der Waals surface area (Å²) in [7, 11) is 0. The summed E-state index contributed by atoms with van der Waals surface area (Å²) in [4.78, 5) is 10.5. The zero-order chi connectivity index (χ0) is 15.8. The highest BCUT2D eigenvalue weighted by Crippen LogP contribution is 2.25. The number of aliphatic hydroxyl groups excluding tert-OH is 1. The number of anilines is 1. The molecule has 0 saturated carbocycles. The van der Waals surface area contributed by atoms with Gasteiger partial charge in [0.2, 0.25) is 0 Å². The Hall–Kier alpha value is -0.674. The number of nitro groups is 1. The van der Waals surface area contributed by atoms with Gasteiger partial charge in [-0.1, -0.05) is 12.1 Å². The number of nitrogens with two attached hydrogens (primary N) is 1. The maximum atomic E-state index is 10.9. The van der Waals surface area contributed by atoms with Gasteiger partial charge in [0, 0.05) is 18.7 Å². The summed E-state index contributed by atoms with van der Waals surface area (Å²) in [5.74, 6) is 0. The standard InChI is InChI=1S/C15H23N3O3.BrH.Mg.2H/c1-3-5-15(19)12(16)6-4-9-17-13-10-11(2)7-8-14(13)18(20)21;;;;/h3,7-8,10,12,15,17,19H,1,4-6,9,16H2,2H3;1H;;;. The van der Waals surface area contributed by atoms with Gasteiger partial charge in [-0.05, 0) is 37.8 Å². The number of hydrogen-bond acceptors (Lipinski definition) is 5. The highest BCUT2D eigenvalue weighted by Gasteiger charge is 2.14. The first kappa shape index (κ1) is 24.6. The molecule has 0 amide bonds. The minimum atomic E-state index is -0.587. The van der Waals surface area contributed by atoms with E-state index in [1.807, 2.05) is 6.92 Å². The SMILES string of the molecule is Br.C=CCC(O)C(N)CCCNc1cc(C)ccc1[N+](=O)[O-].[MgH2]. The van der Waals surface area contributed by atoms with E-state index < -0.39 is 11.0 Å². The van der Waals surface area contributed by atoms with E-state index in [2.05, 4.69) is 11.9 Å². The number of aliphatic hydroxyl groups is 1. The van der Waals surface area contributed by atoms with Crippen LogP contribution in [-0.2, 0) is 0 Å². The van der Waals surface area contributed by atoms with Gasteiger partial charge >= 0.3 is 23.1 Å². The Morgan fingerprint density at radius 3 is 2.74 bits per heavy atom. The van der Waals surface area contributed by atoms with E-state index in [1.165, 1.54) is 6.07 Å². The number of halogens is 1. The fourth-order valence-corrected chi connectivity index (χ4v) is 2.05. The second kappa shape index (κ2) is 12.7. The molecule has 0 aliphatic rings. The van der Waals surface area contributed by atoms with Gasteiger partial charge in [0.05, 0.1) is 11.0 Å². The van der Waals surface area contributed by atoms with Crippen molar-refractivity contribution in [2.75, 3.05) is 11.9 Å². The van der Waals surface area contributed by atoms with Crippen molar-refractivity contribution in [3.05, 3.63) is 46.5 Å². The molecule has 2 unspecified atom stereocenters. The number of nitrogens with one attached hydrogen (secondary N) is 1. The monoisotopic (exact) mass is 399 g/mol. The van der Waals surface area contributed by atoms with Gasteiger partial charge in [-0.25, -0.2) is 0 Å². The second-order valence-corrected chi connectivity index (χ2v) is 5.10. The molecule has 0 aliphatic heterocycles. The van der Waals surface area contributed by atoms with Crippen molar-refractivity contribution in [3.8, 4) is 0 Å². The van der Waals surface area contributed by atoms with Crippen LogP contribution in [0.2, 0.25) is 0 Å². The van der Waals surface area contributed by atoms with E-state index in [1.54, 1.807) is 18.2 Å². The molecular weight excluding hydrogens is 374 g/mol. The molecule has 6 nitrogen and oxygen atoms in total. The third kappa shape index (κ3) is 8.66. The van der Waals surface area contributed by atoms with Crippen molar-refractivity contribution in [2.24, 2.45) is 5.73 Å². The predicted molar refractivity (Wildman–Crippen MR) is 103 cm³/mol. The molecular formula is C15H26BrMgN3O3. The van der Waals surface area contributed by atoms with Crippen LogP contribution in [0.1, 0.15) is 24.8 Å². The predicted octanol–water partition coefficient (Wildman–Crippen LogP) is 2.02. The largest absolute Gasteiger partial charge is 0.391 e. The Morgan fingerprint density at radius 2 is 2.17 bits per heavy atom. The minimum Gasteiger partial charge on any atom is -0.391 e. The molecule has 0 heterocycles. The van der Waals surface area contributed by atoms with Crippen LogP contribution >= 0.6 is 17.0 Å². The van der Waals surface area contributed by atoms with Crippen LogP contribution in [-0.4, -0.2) is 51.8 Å². The fraction of sp³-hybridized carbons (Fsp3) is 0.467. The summed E-state index contributed by atoms with van der Waals surface area (Å²) >= 11 is 0. The summed E-state index contributed by atoms with van der Waals surface area (Å²) in [6.45, 7) is 6.02. The minimum absolute atomic E-state index is 0. The lowest BCUT2D eigenvalue weighted by Crippen LogP contribution is -2.34. The third-order valence-corrected chi connectivity index (χ3v) is 3.28. The Bertz CT molecular complexity index is 503. The molecule has 1 aromatic rings. The van der Waals surface area contributed by atoms with Crippen LogP contribution in [0, 0.1) is 17.0 Å². The molecule has 23 heavy (non-hydrogen) atoms. The number of hydrogen-bond donors (Lipinski definition) is 3. The Kier molecular flexibility index (Phi) is 13.6. The molecule has 0 fully saturated rings. The maximum absolute atomic E-state index is 10.9. The molecule has 8 heteroatoms. The quantitative estimate of drug-likeness (QED) is 0.194. The molecule has 128 valence electrons. The lowest BCUT2D eigenvalue weighted by molar-refractivity contribution is -0.384. The van der Waals surface area contributed by atoms with Crippen molar-refractivity contribution in [1.82, 2.24) is 0 Å². The molecule has 0 aliphatic carbocycles. The van der Waals surface area contributed by atoms with Gasteiger partial charge in [-0.3, -0.25) is 10.1 Å². The van der Waals surface area contributed by atoms with E-state index in [9.17, 15) is 15.2 Å². The van der Waals surface area contributed by atoms with E-state index in [0.29, 0.717) is 25.1 Å². The first-order valence-corrected chi connectivity index (χ1v) is 6.99. The second-order valence-electron chi connectivity index (χ2n) is 5.10. The van der Waals surface area contributed by atoms with Crippen LogP contribution in [0.5, 0.6) is 0 Å². The molecule has 0 bridgehead atoms. The van der Waals surface area contributed by atoms with Crippen molar-refractivity contribution in [1.29, 1.82) is 0 Å². The lowest BCUT2D eigenvalue weighted by Gasteiger charge is -2.17. The summed E-state index contributed by atoms with van der Waals surface area (Å²) < 4.78 is 0. The van der Waals surface area contributed by atoms with Gasteiger partial charge in [0.1, 0.15) is 5.69 Å². The molecule has 1 rings (SSSR count). The van der Waals surface area contributed by atoms with E-state index in [4.69, 9.17) is 5.73 Å². The van der Waals surface area contributed by atoms with Crippen LogP contribution in [0.15, 0.2) is 30.9 Å². The smallest absolute Gasteiger partial charge is 0.316 e. The van der Waals surface area contributed by atoms with Crippen molar-refractivity contribution < 1.29 is 10.0 Å². The van der Waals surface area contributed by atoms with E-state index in [-0.39, 0.29) is 51.8 Å². The topological polar surface area (TPSA) is 101 Å². The van der Waals surface area contributed by atoms with Gasteiger partial charge < -0.3 is 16.2 Å². The van der Waals surface area contributed by atoms with E-state index >= 15 is 0 Å². The molecule has 0 saturated heterocycles. The zero-order valence-corrected chi connectivity index (χ0v) is 14.4. The zero-order valence-electron chi connectivity index (χ0n) is 12.7. The number of nitro benzene ring substituents is 1. The third-order valence-electron chi connectivity index (χ3n) is 3.28. The van der Waals surface area contributed by atoms with Crippen molar-refractivity contribution in [3.63, 3.8) is 0 Å². The van der Waals surface area contributed by atoms with Gasteiger partial charge in [-0.15, -0.1) is 23.6 Å². The average Bonchev–Trinajstić information content (AvgIpc) is 2.43. The molecule has 0 aromatic heterocycles. The molecule has 0 radical (unpaired) electrons. The molecule has 0 spiro atoms. The Balaban J connectivity index is 0. The van der Waals surface area contributed by atoms with Crippen molar-refractivity contribution in [2.45, 2.75) is 38.3 Å². The van der Waals surface area contributed by atoms with Gasteiger partial charge in [0.15, 0.2) is 0 Å². The number of rotatable bonds is 9. The fourth-order valence-electron chi connectivity index (χ4n) is 2.05. The normalized spacial score (nSPS) is 12.3. The molecule has 2 atom stereocenters. The summed E-state index contributed by atoms with van der Waals surface area (Å²) in [5, 5.41) is 23.7. The van der Waals surface area contributed by atoms with Crippen LogP contribution < -0.4 is 11.1 Å². The molecule has 4 N–H and O–H groups in total. The Morgan fingerprint density at radius 1 is 1.52 bits per heavy atom. The van der Waals surface area contributed by atoms with Crippen LogP contribution in [0.3, 0.4) is 0 Å². The van der Waals surface area contributed by atoms with Gasteiger partial charge in [-0.2, -0.15) is 0 Å². The van der Waals surface area contributed by atoms with Crippen LogP contribution in [0.25, 0.3) is 0 Å². The lowest BCUT2D eigenvalue weighted by atomic mass is 10.0. The van der Waals surface area contributed by atoms with E-state index in [0.717, 1.165) is 12.0 Å². The molecule has 1 aromatic carbocycles. The maximum Gasteiger partial charge on any atom is 0.316 e. The number of nitrogens with zero attached hydrogens (tertiary/aromatic N) is 1. The average molecular weight is 401 g/mol. The first-order valence-electron chi connectivity index (χ1n) is 6.99. The van der Waals surface area contributed by atoms with Crippen LogP contribution in [0.4, 0.5) is 11.4 Å². The van der Waals surface area contributed by atoms with Gasteiger partial charge in [0.25, 0.3) is 5.69 Å². The number of benzene rings is 1. The summed E-state index contributed by atoms with van der Waals surface area (Å²) in [5.41, 5.74) is 7.39.